The summed E-state index contributed by atoms with van der Waals surface area (Å²) in [5.41, 5.74) is 8.78. The van der Waals surface area contributed by atoms with Crippen LogP contribution in [-0.2, 0) is 6.54 Å². The minimum Gasteiger partial charge on any atom is -0.366 e. The van der Waals surface area contributed by atoms with Crippen LogP contribution in [0.5, 0.6) is 0 Å². The first kappa shape index (κ1) is 17.7. The third-order valence-electron chi connectivity index (χ3n) is 4.64. The number of primary amides is 1. The second kappa shape index (κ2) is 7.44. The number of anilines is 1. The van der Waals surface area contributed by atoms with Crippen molar-refractivity contribution in [3.05, 3.63) is 65.4 Å². The summed E-state index contributed by atoms with van der Waals surface area (Å²) in [7, 11) is 0. The molecule has 2 aromatic carbocycles. The fourth-order valence-corrected chi connectivity index (χ4v) is 3.27. The SMILES string of the molecule is CCCCn1c(C)c(NC(=O)c2ccccc2C(N)=O)c2ccccc21. The minimum atomic E-state index is -0.613. The topological polar surface area (TPSA) is 77.1 Å². The monoisotopic (exact) mass is 349 g/mol. The van der Waals surface area contributed by atoms with Crippen molar-refractivity contribution in [1.82, 2.24) is 4.57 Å². The summed E-state index contributed by atoms with van der Waals surface area (Å²) >= 11 is 0. The van der Waals surface area contributed by atoms with Crippen LogP contribution in [-0.4, -0.2) is 16.4 Å². The van der Waals surface area contributed by atoms with Gasteiger partial charge < -0.3 is 15.6 Å². The molecule has 5 nitrogen and oxygen atoms in total. The van der Waals surface area contributed by atoms with Crippen LogP contribution in [0.3, 0.4) is 0 Å². The number of rotatable bonds is 6. The highest BCUT2D eigenvalue weighted by molar-refractivity contribution is 6.14. The zero-order valence-corrected chi connectivity index (χ0v) is 15.1. The number of nitrogens with one attached hydrogen (secondary N) is 1. The number of para-hydroxylation sites is 1. The summed E-state index contributed by atoms with van der Waals surface area (Å²) in [5.74, 6) is -0.946. The molecule has 1 heterocycles. The number of amides is 2. The molecule has 3 N–H and O–H groups in total. The zero-order valence-electron chi connectivity index (χ0n) is 15.1. The molecule has 0 saturated carbocycles. The number of nitrogens with two attached hydrogens (primary N) is 1. The van der Waals surface area contributed by atoms with Crippen molar-refractivity contribution in [1.29, 1.82) is 0 Å². The Labute approximate surface area is 152 Å². The third kappa shape index (κ3) is 3.20. The average Bonchev–Trinajstić information content (AvgIpc) is 2.91. The van der Waals surface area contributed by atoms with Crippen LogP contribution in [0.2, 0.25) is 0 Å². The Morgan fingerprint density at radius 3 is 2.38 bits per heavy atom. The van der Waals surface area contributed by atoms with Gasteiger partial charge in [0, 0.05) is 17.6 Å². The molecule has 0 saturated heterocycles. The molecule has 0 atom stereocenters. The highest BCUT2D eigenvalue weighted by Gasteiger charge is 2.19. The summed E-state index contributed by atoms with van der Waals surface area (Å²) in [5, 5.41) is 3.99. The summed E-state index contributed by atoms with van der Waals surface area (Å²) < 4.78 is 2.23. The van der Waals surface area contributed by atoms with Crippen molar-refractivity contribution in [2.75, 3.05) is 5.32 Å². The normalized spacial score (nSPS) is 10.8. The van der Waals surface area contributed by atoms with Gasteiger partial charge in [-0.15, -0.1) is 0 Å². The molecule has 2 amide bonds. The van der Waals surface area contributed by atoms with E-state index >= 15 is 0 Å². The van der Waals surface area contributed by atoms with E-state index in [1.54, 1.807) is 24.3 Å². The van der Waals surface area contributed by atoms with Crippen LogP contribution >= 0.6 is 0 Å². The number of nitrogens with zero attached hydrogens (tertiary/aromatic N) is 1. The van der Waals surface area contributed by atoms with Gasteiger partial charge in [0.2, 0.25) is 5.91 Å². The van der Waals surface area contributed by atoms with E-state index < -0.39 is 5.91 Å². The molecule has 26 heavy (non-hydrogen) atoms. The van der Waals surface area contributed by atoms with E-state index in [4.69, 9.17) is 5.73 Å². The molecule has 0 unspecified atom stereocenters. The number of unbranched alkanes of at least 4 members (excludes halogenated alkanes) is 1. The summed E-state index contributed by atoms with van der Waals surface area (Å²) in [6, 6.07) is 14.6. The minimum absolute atomic E-state index is 0.220. The fraction of sp³-hybridized carbons (Fsp3) is 0.238. The van der Waals surface area contributed by atoms with Gasteiger partial charge in [-0.05, 0) is 31.5 Å². The number of aromatic nitrogens is 1. The molecular formula is C21H23N3O2. The summed E-state index contributed by atoms with van der Waals surface area (Å²) in [6.07, 6.45) is 2.16. The van der Waals surface area contributed by atoms with Gasteiger partial charge in [-0.1, -0.05) is 43.7 Å². The predicted molar refractivity (Wildman–Crippen MR) is 104 cm³/mol. The van der Waals surface area contributed by atoms with E-state index in [0.29, 0.717) is 0 Å². The quantitative estimate of drug-likeness (QED) is 0.703. The van der Waals surface area contributed by atoms with Gasteiger partial charge in [-0.2, -0.15) is 0 Å². The standard InChI is InChI=1S/C21H23N3O2/c1-3-4-13-24-14(2)19(17-11-7-8-12-18(17)24)23-21(26)16-10-6-5-9-15(16)20(22)25/h5-12H,3-4,13H2,1-2H3,(H2,22,25)(H,23,26). The highest BCUT2D eigenvalue weighted by atomic mass is 16.2. The van der Waals surface area contributed by atoms with Gasteiger partial charge in [0.1, 0.15) is 0 Å². The molecule has 0 radical (unpaired) electrons. The number of carbonyl (C=O) groups excluding carboxylic acids is 2. The summed E-state index contributed by atoms with van der Waals surface area (Å²) in [6.45, 7) is 5.06. The number of hydrogen-bond acceptors (Lipinski definition) is 2. The van der Waals surface area contributed by atoms with E-state index in [-0.39, 0.29) is 17.0 Å². The van der Waals surface area contributed by atoms with Crippen LogP contribution in [0, 0.1) is 6.92 Å². The van der Waals surface area contributed by atoms with Gasteiger partial charge in [0.25, 0.3) is 5.91 Å². The molecule has 134 valence electrons. The lowest BCUT2D eigenvalue weighted by Gasteiger charge is -2.10. The second-order valence-electron chi connectivity index (χ2n) is 6.35. The second-order valence-corrected chi connectivity index (χ2v) is 6.35. The lowest BCUT2D eigenvalue weighted by Crippen LogP contribution is -2.20. The van der Waals surface area contributed by atoms with Gasteiger partial charge in [0.15, 0.2) is 0 Å². The third-order valence-corrected chi connectivity index (χ3v) is 4.64. The smallest absolute Gasteiger partial charge is 0.256 e. The maximum atomic E-state index is 12.8. The van der Waals surface area contributed by atoms with Crippen molar-refractivity contribution >= 4 is 28.4 Å². The van der Waals surface area contributed by atoms with E-state index in [1.807, 2.05) is 25.1 Å². The number of benzene rings is 2. The zero-order chi connectivity index (χ0) is 18.7. The largest absolute Gasteiger partial charge is 0.366 e. The lowest BCUT2D eigenvalue weighted by molar-refractivity contribution is 0.0977. The van der Waals surface area contributed by atoms with Crippen molar-refractivity contribution < 1.29 is 9.59 Å². The predicted octanol–water partition coefficient (Wildman–Crippen LogP) is 4.10. The number of aryl methyl sites for hydroxylation is 1. The van der Waals surface area contributed by atoms with Crippen molar-refractivity contribution in [2.45, 2.75) is 33.2 Å². The molecule has 5 heteroatoms. The lowest BCUT2D eigenvalue weighted by atomic mass is 10.1. The molecule has 0 bridgehead atoms. The average molecular weight is 349 g/mol. The molecule has 0 fully saturated rings. The van der Waals surface area contributed by atoms with E-state index in [0.717, 1.165) is 41.7 Å². The van der Waals surface area contributed by atoms with Crippen LogP contribution < -0.4 is 11.1 Å². The van der Waals surface area contributed by atoms with E-state index in [1.165, 1.54) is 0 Å². The van der Waals surface area contributed by atoms with E-state index in [9.17, 15) is 9.59 Å². The van der Waals surface area contributed by atoms with Gasteiger partial charge in [0.05, 0.1) is 22.3 Å². The Balaban J connectivity index is 2.03. The Morgan fingerprint density at radius 1 is 1.04 bits per heavy atom. The van der Waals surface area contributed by atoms with Crippen LogP contribution in [0.4, 0.5) is 5.69 Å². The van der Waals surface area contributed by atoms with Crippen molar-refractivity contribution in [2.24, 2.45) is 5.73 Å². The highest BCUT2D eigenvalue weighted by Crippen LogP contribution is 2.31. The number of fused-ring (bicyclic) bond motifs is 1. The number of hydrogen-bond donors (Lipinski definition) is 2. The Bertz CT molecular complexity index is 973. The van der Waals surface area contributed by atoms with Crippen molar-refractivity contribution in [3.8, 4) is 0 Å². The molecule has 0 aliphatic carbocycles. The van der Waals surface area contributed by atoms with Crippen LogP contribution in [0.15, 0.2) is 48.5 Å². The Kier molecular flexibility index (Phi) is 5.07. The number of carbonyl (C=O) groups is 2. The maximum absolute atomic E-state index is 12.8. The fourth-order valence-electron chi connectivity index (χ4n) is 3.27. The molecule has 3 rings (SSSR count). The van der Waals surface area contributed by atoms with Crippen LogP contribution in [0.1, 0.15) is 46.2 Å². The molecule has 1 aromatic heterocycles. The molecule has 3 aromatic rings. The van der Waals surface area contributed by atoms with Gasteiger partial charge >= 0.3 is 0 Å². The first-order valence-corrected chi connectivity index (χ1v) is 8.82. The molecular weight excluding hydrogens is 326 g/mol. The first-order valence-electron chi connectivity index (χ1n) is 8.82. The van der Waals surface area contributed by atoms with Crippen molar-refractivity contribution in [3.63, 3.8) is 0 Å². The maximum Gasteiger partial charge on any atom is 0.256 e. The Morgan fingerprint density at radius 2 is 1.69 bits per heavy atom. The van der Waals surface area contributed by atoms with Gasteiger partial charge in [-0.3, -0.25) is 9.59 Å². The molecule has 0 spiro atoms. The van der Waals surface area contributed by atoms with Crippen LogP contribution in [0.25, 0.3) is 10.9 Å². The Hall–Kier alpha value is -3.08. The molecule has 0 aliphatic rings. The van der Waals surface area contributed by atoms with Gasteiger partial charge in [-0.25, -0.2) is 0 Å². The molecule has 0 aliphatic heterocycles. The summed E-state index contributed by atoms with van der Waals surface area (Å²) in [4.78, 5) is 24.4. The van der Waals surface area contributed by atoms with E-state index in [2.05, 4.69) is 22.9 Å². The first-order chi connectivity index (χ1) is 12.5.